The molecule has 156 valence electrons. The largest absolute Gasteiger partial charge is 0.348 e. The molecule has 3 aromatic rings. The third-order valence-electron chi connectivity index (χ3n) is 5.22. The second kappa shape index (κ2) is 9.55. The van der Waals surface area contributed by atoms with E-state index in [0.29, 0.717) is 0 Å². The van der Waals surface area contributed by atoms with Gasteiger partial charge < -0.3 is 10.6 Å². The number of hydrogen-bond donors (Lipinski definition) is 2. The number of nitrogens with one attached hydrogen (secondary N) is 2. The average Bonchev–Trinajstić information content (AvgIpc) is 2.70. The summed E-state index contributed by atoms with van der Waals surface area (Å²) >= 11 is 0. The van der Waals surface area contributed by atoms with Crippen LogP contribution < -0.4 is 10.6 Å². The van der Waals surface area contributed by atoms with Crippen molar-refractivity contribution in [3.05, 3.63) is 77.4 Å². The Morgan fingerprint density at radius 2 is 1.50 bits per heavy atom. The van der Waals surface area contributed by atoms with Crippen LogP contribution in [0.25, 0.3) is 10.8 Å². The minimum Gasteiger partial charge on any atom is -0.348 e. The van der Waals surface area contributed by atoms with E-state index in [1.54, 1.807) is 11.9 Å². The Kier molecular flexibility index (Phi) is 6.85. The molecule has 0 aliphatic rings. The molecule has 3 aromatic carbocycles. The Morgan fingerprint density at radius 1 is 0.867 bits per heavy atom. The lowest BCUT2D eigenvalue weighted by Crippen LogP contribution is -2.39. The predicted molar refractivity (Wildman–Crippen MR) is 123 cm³/mol. The summed E-state index contributed by atoms with van der Waals surface area (Å²) in [6, 6.07) is 20.1. The normalized spacial score (nSPS) is 12.0. The highest BCUT2D eigenvalue weighted by molar-refractivity contribution is 5.94. The molecule has 0 aliphatic heterocycles. The Labute approximate surface area is 178 Å². The van der Waals surface area contributed by atoms with Gasteiger partial charge in [-0.2, -0.15) is 0 Å². The van der Waals surface area contributed by atoms with Gasteiger partial charge in [-0.15, -0.1) is 0 Å². The van der Waals surface area contributed by atoms with Crippen molar-refractivity contribution in [3.8, 4) is 0 Å². The van der Waals surface area contributed by atoms with Crippen LogP contribution in [0.5, 0.6) is 0 Å². The number of hydrogen-bond acceptors (Lipinski definition) is 3. The zero-order valence-corrected chi connectivity index (χ0v) is 18.0. The maximum absolute atomic E-state index is 12.5. The lowest BCUT2D eigenvalue weighted by Gasteiger charge is -2.20. The van der Waals surface area contributed by atoms with E-state index in [9.17, 15) is 9.59 Å². The first-order chi connectivity index (χ1) is 14.3. The molecule has 0 radical (unpaired) electrons. The third kappa shape index (κ3) is 5.45. The van der Waals surface area contributed by atoms with E-state index in [1.165, 1.54) is 5.39 Å². The highest BCUT2D eigenvalue weighted by Crippen LogP contribution is 2.21. The highest BCUT2D eigenvalue weighted by Gasteiger charge is 2.15. The molecule has 3 rings (SSSR count). The second-order valence-electron chi connectivity index (χ2n) is 7.88. The molecule has 0 fully saturated rings. The fraction of sp³-hybridized carbons (Fsp3) is 0.280. The summed E-state index contributed by atoms with van der Waals surface area (Å²) in [6.07, 6.45) is 0. The van der Waals surface area contributed by atoms with E-state index in [1.807, 2.05) is 57.2 Å². The SMILES string of the molecule is Cc1cccc(C)c1NC(=O)CN(C)CC(=O)N[C@@H](C)c1ccc2ccccc2c1. The van der Waals surface area contributed by atoms with E-state index >= 15 is 0 Å². The van der Waals surface area contributed by atoms with Crippen molar-refractivity contribution in [2.24, 2.45) is 0 Å². The number of amides is 2. The van der Waals surface area contributed by atoms with Gasteiger partial charge >= 0.3 is 0 Å². The number of carbonyl (C=O) groups is 2. The van der Waals surface area contributed by atoms with Gasteiger partial charge in [-0.1, -0.05) is 54.6 Å². The van der Waals surface area contributed by atoms with Crippen molar-refractivity contribution in [2.45, 2.75) is 26.8 Å². The van der Waals surface area contributed by atoms with Crippen LogP contribution in [-0.2, 0) is 9.59 Å². The first-order valence-corrected chi connectivity index (χ1v) is 10.2. The molecule has 5 nitrogen and oxygen atoms in total. The van der Waals surface area contributed by atoms with Crippen LogP contribution in [0.3, 0.4) is 0 Å². The number of fused-ring (bicyclic) bond motifs is 1. The Morgan fingerprint density at radius 3 is 2.20 bits per heavy atom. The zero-order valence-electron chi connectivity index (χ0n) is 18.0. The van der Waals surface area contributed by atoms with Gasteiger partial charge in [0, 0.05) is 5.69 Å². The fourth-order valence-electron chi connectivity index (χ4n) is 3.58. The first kappa shape index (κ1) is 21.5. The smallest absolute Gasteiger partial charge is 0.238 e. The van der Waals surface area contributed by atoms with Crippen molar-refractivity contribution in [3.63, 3.8) is 0 Å². The molecule has 0 saturated carbocycles. The molecule has 2 N–H and O–H groups in total. The number of anilines is 1. The van der Waals surface area contributed by atoms with E-state index in [4.69, 9.17) is 0 Å². The molecule has 1 atom stereocenters. The first-order valence-electron chi connectivity index (χ1n) is 10.2. The molecule has 0 bridgehead atoms. The molecule has 0 heterocycles. The summed E-state index contributed by atoms with van der Waals surface area (Å²) in [7, 11) is 1.77. The Balaban J connectivity index is 1.52. The number of benzene rings is 3. The van der Waals surface area contributed by atoms with Gasteiger partial charge in [-0.3, -0.25) is 14.5 Å². The van der Waals surface area contributed by atoms with Crippen LogP contribution in [0.1, 0.15) is 29.7 Å². The summed E-state index contributed by atoms with van der Waals surface area (Å²) in [5.41, 5.74) is 3.93. The standard InChI is InChI=1S/C25H29N3O2/c1-17-8-7-9-18(2)25(17)27-24(30)16-28(4)15-23(29)26-19(3)21-13-12-20-10-5-6-11-22(20)14-21/h5-14,19H,15-16H2,1-4H3,(H,26,29)(H,27,30)/t19-/m0/s1. The fourth-order valence-corrected chi connectivity index (χ4v) is 3.58. The summed E-state index contributed by atoms with van der Waals surface area (Å²) < 4.78 is 0. The van der Waals surface area contributed by atoms with Crippen molar-refractivity contribution < 1.29 is 9.59 Å². The number of rotatable bonds is 7. The van der Waals surface area contributed by atoms with Gasteiger partial charge in [0.25, 0.3) is 0 Å². The molecule has 0 spiro atoms. The monoisotopic (exact) mass is 403 g/mol. The second-order valence-corrected chi connectivity index (χ2v) is 7.88. The summed E-state index contributed by atoms with van der Waals surface area (Å²) in [6.45, 7) is 6.20. The lowest BCUT2D eigenvalue weighted by atomic mass is 10.0. The van der Waals surface area contributed by atoms with Crippen molar-refractivity contribution in [1.82, 2.24) is 10.2 Å². The molecule has 0 saturated heterocycles. The summed E-state index contributed by atoms with van der Waals surface area (Å²) in [5.74, 6) is -0.247. The van der Waals surface area contributed by atoms with Crippen molar-refractivity contribution in [2.75, 3.05) is 25.5 Å². The summed E-state index contributed by atoms with van der Waals surface area (Å²) in [5, 5.41) is 8.30. The molecule has 2 amide bonds. The van der Waals surface area contributed by atoms with Crippen molar-refractivity contribution >= 4 is 28.3 Å². The van der Waals surface area contributed by atoms with Crippen LogP contribution in [0.4, 0.5) is 5.69 Å². The van der Waals surface area contributed by atoms with Gasteiger partial charge in [0.1, 0.15) is 0 Å². The topological polar surface area (TPSA) is 61.4 Å². The van der Waals surface area contributed by atoms with E-state index in [2.05, 4.69) is 34.9 Å². The molecule has 30 heavy (non-hydrogen) atoms. The molecular weight excluding hydrogens is 374 g/mol. The van der Waals surface area contributed by atoms with Crippen LogP contribution in [-0.4, -0.2) is 36.9 Å². The van der Waals surface area contributed by atoms with Crippen LogP contribution in [0.15, 0.2) is 60.7 Å². The van der Waals surface area contributed by atoms with Gasteiger partial charge in [-0.05, 0) is 61.3 Å². The zero-order chi connectivity index (χ0) is 21.7. The quantitative estimate of drug-likeness (QED) is 0.621. The maximum atomic E-state index is 12.5. The van der Waals surface area contributed by atoms with Gasteiger partial charge in [-0.25, -0.2) is 0 Å². The molecule has 0 aliphatic carbocycles. The number of carbonyl (C=O) groups excluding carboxylic acids is 2. The third-order valence-corrected chi connectivity index (χ3v) is 5.22. The Hall–Kier alpha value is -3.18. The average molecular weight is 404 g/mol. The number of nitrogens with zero attached hydrogens (tertiary/aromatic N) is 1. The number of likely N-dealkylation sites (N-methyl/N-ethyl adjacent to an activating group) is 1. The molecule has 5 heteroatoms. The van der Waals surface area contributed by atoms with E-state index < -0.39 is 0 Å². The number of aryl methyl sites for hydroxylation is 2. The lowest BCUT2D eigenvalue weighted by molar-refractivity contribution is -0.123. The van der Waals surface area contributed by atoms with Gasteiger partial charge in [0.2, 0.25) is 11.8 Å². The molecule has 0 aromatic heterocycles. The summed E-state index contributed by atoms with van der Waals surface area (Å²) in [4.78, 5) is 26.6. The highest BCUT2D eigenvalue weighted by atomic mass is 16.2. The predicted octanol–water partition coefficient (Wildman–Crippen LogP) is 4.20. The van der Waals surface area contributed by atoms with Crippen molar-refractivity contribution in [1.29, 1.82) is 0 Å². The number of para-hydroxylation sites is 1. The molecular formula is C25H29N3O2. The van der Waals surface area contributed by atoms with Gasteiger partial charge in [0.15, 0.2) is 0 Å². The van der Waals surface area contributed by atoms with E-state index in [0.717, 1.165) is 27.8 Å². The minimum atomic E-state index is -0.134. The van der Waals surface area contributed by atoms with Crippen LogP contribution in [0.2, 0.25) is 0 Å². The minimum absolute atomic E-state index is 0.112. The van der Waals surface area contributed by atoms with Crippen LogP contribution in [0, 0.1) is 13.8 Å². The maximum Gasteiger partial charge on any atom is 0.238 e. The molecule has 0 unspecified atom stereocenters. The Bertz CT molecular complexity index is 1040. The van der Waals surface area contributed by atoms with Gasteiger partial charge in [0.05, 0.1) is 19.1 Å². The van der Waals surface area contributed by atoms with E-state index in [-0.39, 0.29) is 30.9 Å². The van der Waals surface area contributed by atoms with Crippen LogP contribution >= 0.6 is 0 Å².